The molecule has 2 aromatic heterocycles. The third-order valence-electron chi connectivity index (χ3n) is 1.45. The van der Waals surface area contributed by atoms with E-state index < -0.39 is 6.10 Å². The lowest BCUT2D eigenvalue weighted by atomic mass is 10.4. The van der Waals surface area contributed by atoms with Crippen molar-refractivity contribution in [2.75, 3.05) is 0 Å². The number of rotatable bonds is 2. The number of aliphatic hydroxyl groups excluding tert-OH is 1. The first-order valence-electron chi connectivity index (χ1n) is 3.68. The number of nitrogens with zero attached hydrogens (tertiary/aromatic N) is 3. The number of hydrogen-bond acceptors (Lipinski definition) is 6. The van der Waals surface area contributed by atoms with Crippen molar-refractivity contribution >= 4 is 11.3 Å². The number of aliphatic hydroxyl groups is 1. The number of aromatic nitrogens is 3. The lowest BCUT2D eigenvalue weighted by molar-refractivity contribution is 0.152. The SMILES string of the molecule is C[C@H](O)c1nc(-c2cncs2)no1. The van der Waals surface area contributed by atoms with E-state index in [2.05, 4.69) is 15.1 Å². The van der Waals surface area contributed by atoms with Crippen LogP contribution >= 0.6 is 11.3 Å². The summed E-state index contributed by atoms with van der Waals surface area (Å²) >= 11 is 1.42. The van der Waals surface area contributed by atoms with Crippen LogP contribution in [0.1, 0.15) is 18.9 Å². The molecule has 0 unspecified atom stereocenters. The lowest BCUT2D eigenvalue weighted by Crippen LogP contribution is -1.89. The zero-order chi connectivity index (χ0) is 9.26. The van der Waals surface area contributed by atoms with Crippen molar-refractivity contribution in [3.05, 3.63) is 17.6 Å². The van der Waals surface area contributed by atoms with Gasteiger partial charge < -0.3 is 9.63 Å². The van der Waals surface area contributed by atoms with Crippen LogP contribution < -0.4 is 0 Å². The van der Waals surface area contributed by atoms with E-state index in [4.69, 9.17) is 9.63 Å². The normalized spacial score (nSPS) is 13.1. The molecule has 2 aromatic rings. The molecule has 0 bridgehead atoms. The van der Waals surface area contributed by atoms with E-state index in [0.717, 1.165) is 4.88 Å². The highest BCUT2D eigenvalue weighted by molar-refractivity contribution is 7.13. The molecular formula is C7H7N3O2S. The summed E-state index contributed by atoms with van der Waals surface area (Å²) in [6, 6.07) is 0. The van der Waals surface area contributed by atoms with Gasteiger partial charge in [-0.3, -0.25) is 4.98 Å². The second-order valence-corrected chi connectivity index (χ2v) is 3.38. The maximum Gasteiger partial charge on any atom is 0.255 e. The summed E-state index contributed by atoms with van der Waals surface area (Å²) < 4.78 is 4.82. The quantitative estimate of drug-likeness (QED) is 0.784. The summed E-state index contributed by atoms with van der Waals surface area (Å²) in [5, 5.41) is 12.8. The minimum absolute atomic E-state index is 0.225. The first-order chi connectivity index (χ1) is 6.27. The van der Waals surface area contributed by atoms with Crippen LogP contribution in [-0.2, 0) is 0 Å². The zero-order valence-electron chi connectivity index (χ0n) is 6.84. The fraction of sp³-hybridized carbons (Fsp3) is 0.286. The standard InChI is InChI=1S/C7H7N3O2S/c1-4(11)7-9-6(10-12-7)5-2-8-3-13-5/h2-4,11H,1H3/t4-/m0/s1. The summed E-state index contributed by atoms with van der Waals surface area (Å²) in [5.41, 5.74) is 1.69. The highest BCUT2D eigenvalue weighted by Crippen LogP contribution is 2.21. The van der Waals surface area contributed by atoms with Gasteiger partial charge in [0, 0.05) is 6.20 Å². The van der Waals surface area contributed by atoms with E-state index in [0.29, 0.717) is 5.82 Å². The first kappa shape index (κ1) is 8.33. The van der Waals surface area contributed by atoms with E-state index >= 15 is 0 Å². The molecule has 1 atom stereocenters. The third kappa shape index (κ3) is 1.58. The molecule has 2 heterocycles. The second-order valence-electron chi connectivity index (χ2n) is 2.50. The second kappa shape index (κ2) is 3.23. The van der Waals surface area contributed by atoms with Gasteiger partial charge in [0.15, 0.2) is 0 Å². The van der Waals surface area contributed by atoms with Crippen LogP contribution in [0.5, 0.6) is 0 Å². The molecule has 0 spiro atoms. The molecule has 0 saturated carbocycles. The van der Waals surface area contributed by atoms with Crippen LogP contribution in [0.4, 0.5) is 0 Å². The summed E-state index contributed by atoms with van der Waals surface area (Å²) in [4.78, 5) is 8.71. The fourth-order valence-electron chi connectivity index (χ4n) is 0.831. The highest BCUT2D eigenvalue weighted by atomic mass is 32.1. The van der Waals surface area contributed by atoms with Gasteiger partial charge in [-0.1, -0.05) is 5.16 Å². The predicted molar refractivity (Wildman–Crippen MR) is 46.0 cm³/mol. The van der Waals surface area contributed by atoms with Crippen molar-refractivity contribution in [3.63, 3.8) is 0 Å². The van der Waals surface area contributed by atoms with Crippen LogP contribution in [-0.4, -0.2) is 20.2 Å². The van der Waals surface area contributed by atoms with E-state index in [9.17, 15) is 0 Å². The summed E-state index contributed by atoms with van der Waals surface area (Å²) in [5.74, 6) is 0.696. The molecule has 0 aliphatic heterocycles. The van der Waals surface area contributed by atoms with Gasteiger partial charge in [-0.15, -0.1) is 11.3 Å². The van der Waals surface area contributed by atoms with Gasteiger partial charge in [-0.05, 0) is 6.92 Å². The number of thiazole rings is 1. The van der Waals surface area contributed by atoms with Crippen LogP contribution in [0.2, 0.25) is 0 Å². The van der Waals surface area contributed by atoms with Gasteiger partial charge >= 0.3 is 0 Å². The van der Waals surface area contributed by atoms with E-state index in [-0.39, 0.29) is 5.89 Å². The topological polar surface area (TPSA) is 72.0 Å². The molecule has 68 valence electrons. The molecule has 0 fully saturated rings. The van der Waals surface area contributed by atoms with Gasteiger partial charge in [0.1, 0.15) is 6.10 Å². The van der Waals surface area contributed by atoms with Crippen molar-refractivity contribution in [1.82, 2.24) is 15.1 Å². The molecule has 0 aromatic carbocycles. The molecule has 0 aliphatic rings. The van der Waals surface area contributed by atoms with Crippen LogP contribution in [0, 0.1) is 0 Å². The summed E-state index contributed by atoms with van der Waals surface area (Å²) in [6.45, 7) is 1.57. The van der Waals surface area contributed by atoms with Crippen LogP contribution in [0.15, 0.2) is 16.2 Å². The van der Waals surface area contributed by atoms with E-state index in [1.54, 1.807) is 18.6 Å². The molecule has 0 aliphatic carbocycles. The molecule has 1 N–H and O–H groups in total. The van der Waals surface area contributed by atoms with Gasteiger partial charge in [0.2, 0.25) is 5.82 Å². The molecule has 0 amide bonds. The Labute approximate surface area is 78.1 Å². The Morgan fingerprint density at radius 3 is 3.00 bits per heavy atom. The maximum absolute atomic E-state index is 9.13. The average Bonchev–Trinajstić information content (AvgIpc) is 2.75. The van der Waals surface area contributed by atoms with Gasteiger partial charge in [0.05, 0.1) is 10.4 Å². The smallest absolute Gasteiger partial charge is 0.255 e. The molecular weight excluding hydrogens is 190 g/mol. The fourth-order valence-corrected chi connectivity index (χ4v) is 1.38. The average molecular weight is 197 g/mol. The zero-order valence-corrected chi connectivity index (χ0v) is 7.65. The van der Waals surface area contributed by atoms with Crippen molar-refractivity contribution in [1.29, 1.82) is 0 Å². The minimum atomic E-state index is -0.728. The maximum atomic E-state index is 9.13. The Kier molecular flexibility index (Phi) is 2.07. The van der Waals surface area contributed by atoms with Gasteiger partial charge in [-0.2, -0.15) is 4.98 Å². The minimum Gasteiger partial charge on any atom is -0.384 e. The summed E-state index contributed by atoms with van der Waals surface area (Å²) in [6.07, 6.45) is 0.926. The Balaban J connectivity index is 2.33. The number of hydrogen-bond donors (Lipinski definition) is 1. The van der Waals surface area contributed by atoms with E-state index in [1.165, 1.54) is 11.3 Å². The van der Waals surface area contributed by atoms with Crippen molar-refractivity contribution in [3.8, 4) is 10.7 Å². The molecule has 5 nitrogen and oxygen atoms in total. The Hall–Kier alpha value is -1.27. The third-order valence-corrected chi connectivity index (χ3v) is 2.22. The van der Waals surface area contributed by atoms with Gasteiger partial charge in [-0.25, -0.2) is 0 Å². The predicted octanol–water partition coefficient (Wildman–Crippen LogP) is 1.25. The Morgan fingerprint density at radius 1 is 1.62 bits per heavy atom. The van der Waals surface area contributed by atoms with Crippen LogP contribution in [0.25, 0.3) is 10.7 Å². The summed E-state index contributed by atoms with van der Waals surface area (Å²) in [7, 11) is 0. The Morgan fingerprint density at radius 2 is 2.46 bits per heavy atom. The lowest BCUT2D eigenvalue weighted by Gasteiger charge is -1.91. The van der Waals surface area contributed by atoms with Gasteiger partial charge in [0.25, 0.3) is 5.89 Å². The largest absolute Gasteiger partial charge is 0.384 e. The molecule has 6 heteroatoms. The molecule has 2 rings (SSSR count). The molecule has 13 heavy (non-hydrogen) atoms. The van der Waals surface area contributed by atoms with Crippen molar-refractivity contribution in [2.45, 2.75) is 13.0 Å². The molecule has 0 saturated heterocycles. The van der Waals surface area contributed by atoms with Crippen LogP contribution in [0.3, 0.4) is 0 Å². The van der Waals surface area contributed by atoms with E-state index in [1.807, 2.05) is 0 Å². The van der Waals surface area contributed by atoms with Crippen molar-refractivity contribution < 1.29 is 9.63 Å². The van der Waals surface area contributed by atoms with Crippen molar-refractivity contribution in [2.24, 2.45) is 0 Å². The first-order valence-corrected chi connectivity index (χ1v) is 4.56. The highest BCUT2D eigenvalue weighted by Gasteiger charge is 2.12. The Bertz CT molecular complexity index is 382. The molecule has 0 radical (unpaired) electrons. The monoisotopic (exact) mass is 197 g/mol.